The molecular formula is C56H72Cl2SiZr. The number of fused-ring (bicyclic) bond motifs is 6. The summed E-state index contributed by atoms with van der Waals surface area (Å²) in [4.78, 5) is 0. The van der Waals surface area contributed by atoms with Crippen LogP contribution in [0.1, 0.15) is 173 Å². The number of hydrogen-bond donors (Lipinski definition) is 0. The molecule has 4 aliphatic rings. The second-order valence-electron chi connectivity index (χ2n) is 22.9. The Morgan fingerprint density at radius 2 is 0.850 bits per heavy atom. The van der Waals surface area contributed by atoms with Gasteiger partial charge in [-0.3, -0.25) is 0 Å². The van der Waals surface area contributed by atoms with E-state index < -0.39 is 17.4 Å². The maximum atomic E-state index is 2.71. The van der Waals surface area contributed by atoms with Crippen LogP contribution in [0.25, 0.3) is 33.4 Å². The Kier molecular flexibility index (Phi) is 12.3. The molecule has 0 aliphatic heterocycles. The molecule has 0 aromatic heterocycles. The first-order valence-electron chi connectivity index (χ1n) is 22.4. The number of allylic oxidation sites excluding steroid dienone is 8. The fraction of sp³-hybridized carbons (Fsp3) is 0.429. The van der Waals surface area contributed by atoms with Gasteiger partial charge in [-0.25, -0.2) is 0 Å². The number of rotatable bonds is 6. The molecule has 2 atom stereocenters. The second-order valence-corrected chi connectivity index (χ2v) is 50.5. The van der Waals surface area contributed by atoms with Crippen LogP contribution in [0, 0.1) is 0 Å². The van der Waals surface area contributed by atoms with E-state index in [1.165, 1.54) is 63.9 Å². The summed E-state index contributed by atoms with van der Waals surface area (Å²) < 4.78 is 3.28. The van der Waals surface area contributed by atoms with E-state index in [1.54, 1.807) is 33.4 Å². The van der Waals surface area contributed by atoms with Gasteiger partial charge in [0.25, 0.3) is 0 Å². The molecule has 8 rings (SSSR count). The van der Waals surface area contributed by atoms with Gasteiger partial charge in [0.2, 0.25) is 0 Å². The quantitative estimate of drug-likeness (QED) is 0.169. The van der Waals surface area contributed by atoms with Crippen molar-refractivity contribution in [3.8, 4) is 22.3 Å². The Balaban J connectivity index is 0.00000302. The van der Waals surface area contributed by atoms with Crippen LogP contribution in [0.2, 0.25) is 8.26 Å². The first kappa shape index (κ1) is 47.0. The molecule has 0 heterocycles. The average Bonchev–Trinajstić information content (AvgIpc) is 3.97. The molecular weight excluding hydrogens is 863 g/mol. The fourth-order valence-electron chi connectivity index (χ4n) is 11.7. The van der Waals surface area contributed by atoms with Gasteiger partial charge in [0, 0.05) is 0 Å². The van der Waals surface area contributed by atoms with Crippen molar-refractivity contribution in [1.82, 2.24) is 0 Å². The predicted octanol–water partition coefficient (Wildman–Crippen LogP) is 16.4. The smallest absolute Gasteiger partial charge is 0.147 e. The topological polar surface area (TPSA) is 0 Å². The summed E-state index contributed by atoms with van der Waals surface area (Å²) in [5.41, 5.74) is 24.8. The summed E-state index contributed by atoms with van der Waals surface area (Å²) in [6.07, 6.45) is 16.3. The molecule has 2 unspecified atom stereocenters. The van der Waals surface area contributed by atoms with Crippen molar-refractivity contribution < 1.29 is 17.4 Å². The van der Waals surface area contributed by atoms with Crippen molar-refractivity contribution in [2.45, 2.75) is 147 Å². The predicted molar refractivity (Wildman–Crippen MR) is 270 cm³/mol. The zero-order valence-electron chi connectivity index (χ0n) is 39.2. The van der Waals surface area contributed by atoms with Crippen LogP contribution < -0.4 is 0 Å². The first-order chi connectivity index (χ1) is 27.0. The Morgan fingerprint density at radius 1 is 0.500 bits per heavy atom. The van der Waals surface area contributed by atoms with Gasteiger partial charge < -0.3 is 0 Å². The summed E-state index contributed by atoms with van der Waals surface area (Å²) in [6.45, 7) is 37.0. The molecule has 0 N–H and O–H groups in total. The van der Waals surface area contributed by atoms with Gasteiger partial charge in [-0.1, -0.05) is 0 Å². The molecule has 4 aromatic carbocycles. The van der Waals surface area contributed by atoms with E-state index in [0.29, 0.717) is 7.25 Å². The van der Waals surface area contributed by atoms with Crippen LogP contribution in [0.5, 0.6) is 0 Å². The molecule has 0 saturated heterocycles. The molecule has 4 aromatic rings. The van der Waals surface area contributed by atoms with Crippen molar-refractivity contribution >= 4 is 42.8 Å². The monoisotopic (exact) mass is 932 g/mol. The van der Waals surface area contributed by atoms with Crippen LogP contribution in [-0.4, -0.2) is 6.88 Å². The Morgan fingerprint density at radius 3 is 1.13 bits per heavy atom. The van der Waals surface area contributed by atoms with Gasteiger partial charge >= 0.3 is 357 Å². The maximum Gasteiger partial charge on any atom is -0.147 e. The summed E-state index contributed by atoms with van der Waals surface area (Å²) in [7, 11) is 0. The zero-order valence-corrected chi connectivity index (χ0v) is 44.7. The van der Waals surface area contributed by atoms with E-state index in [4.69, 9.17) is 0 Å². The van der Waals surface area contributed by atoms with Crippen LogP contribution in [0.3, 0.4) is 0 Å². The molecule has 0 fully saturated rings. The van der Waals surface area contributed by atoms with Crippen molar-refractivity contribution in [3.05, 3.63) is 153 Å². The van der Waals surface area contributed by atoms with E-state index in [0.717, 1.165) is 12.8 Å². The Bertz CT molecular complexity index is 2400. The van der Waals surface area contributed by atoms with Gasteiger partial charge in [0.1, 0.15) is 0 Å². The molecule has 0 amide bonds. The second kappa shape index (κ2) is 15.6. The van der Waals surface area contributed by atoms with Gasteiger partial charge in [-0.2, -0.15) is 0 Å². The Labute approximate surface area is 379 Å². The largest absolute Gasteiger partial charge is 0.147 e. The molecule has 0 nitrogen and oxygen atoms in total. The third-order valence-corrected chi connectivity index (χ3v) is 45.6. The molecule has 318 valence electrons. The zero-order chi connectivity index (χ0) is 42.0. The first-order valence-corrected chi connectivity index (χ1v) is 34.7. The standard InChI is InChI=1S/2C26H29.2C2H5.2ClH.H2Si.Zr/c2*1-25(2,3)19-11-12-20-18(15-19)16-22-21(20)13-14-23(26(4,5)6)24(22)17-9-7-8-10-17;2*1-2;;;;/h2*7-9,11-16H,10H2,1-6H3;2*1H2,2H3;2*1H;1H2;. The van der Waals surface area contributed by atoms with E-state index in [9.17, 15) is 0 Å². The van der Waals surface area contributed by atoms with Crippen LogP contribution >= 0.6 is 24.8 Å². The fourth-order valence-corrected chi connectivity index (χ4v) is 33.4. The molecule has 60 heavy (non-hydrogen) atoms. The normalized spacial score (nSPS) is 18.3. The van der Waals surface area contributed by atoms with Crippen LogP contribution in [0.15, 0.2) is 97.1 Å². The third kappa shape index (κ3) is 7.19. The summed E-state index contributed by atoms with van der Waals surface area (Å²) in [5.74, 6) is 0. The SMILES string of the molecule is C[CH2][Zr](=[SiH2])([CH2]C)([CH]1c2cc(C(C)(C)C)ccc2-c2ccc(C(C)(C)C)c(C3=CC=CC3)c21)[CH]1c2cc(C(C)(C)C)ccc2-c2ccc(C(C)(C)C)c(C3=CC=CC3)c21.Cl.Cl. The number of benzene rings is 4. The molecule has 0 radical (unpaired) electrons. The van der Waals surface area contributed by atoms with Crippen LogP contribution in [-0.2, 0) is 39.1 Å². The maximum absolute atomic E-state index is 4.41. The van der Waals surface area contributed by atoms with E-state index in [1.807, 2.05) is 0 Å². The summed E-state index contributed by atoms with van der Waals surface area (Å²) in [5, 5.41) is 0. The minimum Gasteiger partial charge on any atom is -0.147 e. The number of hydrogen-bond acceptors (Lipinski definition) is 0. The van der Waals surface area contributed by atoms with Gasteiger partial charge in [0.15, 0.2) is 0 Å². The molecule has 4 heteroatoms. The summed E-state index contributed by atoms with van der Waals surface area (Å²) in [6, 6.07) is 25.6. The molecule has 0 spiro atoms. The summed E-state index contributed by atoms with van der Waals surface area (Å²) >= 11 is -4.41. The molecule has 4 aliphatic carbocycles. The van der Waals surface area contributed by atoms with Gasteiger partial charge in [0.05, 0.1) is 0 Å². The Hall–Kier alpha value is -2.48. The van der Waals surface area contributed by atoms with E-state index in [2.05, 4.69) is 201 Å². The molecule has 0 saturated carbocycles. The van der Waals surface area contributed by atoms with Crippen molar-refractivity contribution in [3.63, 3.8) is 0 Å². The van der Waals surface area contributed by atoms with Crippen LogP contribution in [0.4, 0.5) is 0 Å². The van der Waals surface area contributed by atoms with Gasteiger partial charge in [-0.15, -0.1) is 24.8 Å². The van der Waals surface area contributed by atoms with Gasteiger partial charge in [-0.05, 0) is 0 Å². The number of halogens is 2. The third-order valence-electron chi connectivity index (χ3n) is 15.3. The van der Waals surface area contributed by atoms with E-state index in [-0.39, 0.29) is 46.5 Å². The van der Waals surface area contributed by atoms with Crippen molar-refractivity contribution in [1.29, 1.82) is 0 Å². The minimum absolute atomic E-state index is 0. The molecule has 0 bridgehead atoms. The van der Waals surface area contributed by atoms with Crippen molar-refractivity contribution in [2.24, 2.45) is 0 Å². The minimum atomic E-state index is -4.41. The average molecular weight is 935 g/mol. The van der Waals surface area contributed by atoms with E-state index >= 15 is 0 Å². The van der Waals surface area contributed by atoms with Crippen molar-refractivity contribution in [2.75, 3.05) is 0 Å².